The lowest BCUT2D eigenvalue weighted by Gasteiger charge is -2.10. The summed E-state index contributed by atoms with van der Waals surface area (Å²) in [6.07, 6.45) is 6.71. The molecule has 0 saturated carbocycles. The third kappa shape index (κ3) is 5.65. The summed E-state index contributed by atoms with van der Waals surface area (Å²) in [5, 5.41) is 5.10. The van der Waals surface area contributed by atoms with Crippen LogP contribution in [0.2, 0.25) is 0 Å². The summed E-state index contributed by atoms with van der Waals surface area (Å²) in [5.74, 6) is 1.76. The highest BCUT2D eigenvalue weighted by atomic mass is 16.5. The van der Waals surface area contributed by atoms with Gasteiger partial charge in [0.15, 0.2) is 12.4 Å². The Morgan fingerprint density at radius 1 is 0.500 bits per heavy atom. The number of nitrogens with zero attached hydrogens (tertiary/aromatic N) is 4. The minimum Gasteiger partial charge on any atom is -0.497 e. The van der Waals surface area contributed by atoms with Crippen LogP contribution in [0.5, 0.6) is 11.5 Å². The average Bonchev–Trinajstić information content (AvgIpc) is 3.64. The molecule has 6 heteroatoms. The largest absolute Gasteiger partial charge is 0.497 e. The number of ether oxygens (including phenoxy) is 2. The summed E-state index contributed by atoms with van der Waals surface area (Å²) in [7, 11) is 3.48. The van der Waals surface area contributed by atoms with Crippen LogP contribution >= 0.6 is 0 Å². The first kappa shape index (κ1) is 31.6. The van der Waals surface area contributed by atoms with Crippen LogP contribution in [0.4, 0.5) is 0 Å². The van der Waals surface area contributed by atoms with Crippen molar-refractivity contribution in [2.24, 2.45) is 0 Å². The molecule has 0 N–H and O–H groups in total. The molecular weight excluding hydrogens is 617 g/mol. The minimum atomic E-state index is 0.811. The quantitative estimate of drug-likeness (QED) is 0.103. The second kappa shape index (κ2) is 13.4. The zero-order chi connectivity index (χ0) is 34.2. The van der Waals surface area contributed by atoms with Gasteiger partial charge in [-0.25, -0.2) is 9.13 Å². The highest BCUT2D eigenvalue weighted by molar-refractivity contribution is 6.09. The van der Waals surface area contributed by atoms with Gasteiger partial charge in [-0.2, -0.15) is 0 Å². The molecule has 0 bridgehead atoms. The van der Waals surface area contributed by atoms with E-state index in [1.807, 2.05) is 0 Å². The van der Waals surface area contributed by atoms with Gasteiger partial charge in [-0.1, -0.05) is 60.7 Å². The van der Waals surface area contributed by atoms with Crippen molar-refractivity contribution >= 4 is 43.6 Å². The topological polar surface area (TPSA) is 36.1 Å². The summed E-state index contributed by atoms with van der Waals surface area (Å²) in [4.78, 5) is 0. The van der Waals surface area contributed by atoms with Gasteiger partial charge in [0, 0.05) is 85.6 Å². The standard InChI is InChI=1S/C44H44N4O2/c1-31-43-39(37-19-17-35(49-3)27-41(37)47(43)29-33-13-7-5-8-14-33)21-25-45(31)23-11-12-24-46-26-22-40-38-20-18-36(50-4)28-42(38)48(44(40)32(46)2)30-34-15-9-6-10-16-34/h5-10,13-22,25-28H,11-12,23-24,29-30H2,1-4H3/q+2. The molecule has 50 heavy (non-hydrogen) atoms. The van der Waals surface area contributed by atoms with Gasteiger partial charge < -0.3 is 18.6 Å². The smallest absolute Gasteiger partial charge is 0.202 e. The molecule has 8 aromatic rings. The van der Waals surface area contributed by atoms with Gasteiger partial charge in [0.05, 0.1) is 25.3 Å². The van der Waals surface area contributed by atoms with Crippen molar-refractivity contribution in [1.29, 1.82) is 0 Å². The second-order valence-corrected chi connectivity index (χ2v) is 13.3. The van der Waals surface area contributed by atoms with Gasteiger partial charge in [0.2, 0.25) is 11.4 Å². The number of rotatable bonds is 11. The third-order valence-corrected chi connectivity index (χ3v) is 10.4. The van der Waals surface area contributed by atoms with Crippen molar-refractivity contribution in [2.45, 2.75) is 52.9 Å². The number of pyridine rings is 2. The fourth-order valence-corrected chi connectivity index (χ4v) is 7.82. The van der Waals surface area contributed by atoms with Gasteiger partial charge in [-0.15, -0.1) is 0 Å². The predicted octanol–water partition coefficient (Wildman–Crippen LogP) is 8.69. The lowest BCUT2D eigenvalue weighted by molar-refractivity contribution is -0.712. The molecule has 0 radical (unpaired) electrons. The van der Waals surface area contributed by atoms with Gasteiger partial charge in [-0.3, -0.25) is 0 Å². The van der Waals surface area contributed by atoms with E-state index in [9.17, 15) is 0 Å². The van der Waals surface area contributed by atoms with Crippen LogP contribution in [0.15, 0.2) is 122 Å². The van der Waals surface area contributed by atoms with E-state index in [2.05, 4.69) is 154 Å². The average molecular weight is 661 g/mol. The SMILES string of the molecule is COc1ccc2c3cc[n+](CCCC[n+]4ccc5c6ccc(OC)cc6n(Cc6ccccc6)c5c4C)c(C)c3n(Cc3ccccc3)c2c1. The lowest BCUT2D eigenvalue weighted by atomic mass is 10.1. The van der Waals surface area contributed by atoms with Gasteiger partial charge in [0.25, 0.3) is 0 Å². The molecule has 0 aliphatic heterocycles. The minimum absolute atomic E-state index is 0.811. The van der Waals surface area contributed by atoms with Crippen LogP contribution in [-0.2, 0) is 26.2 Å². The Bertz CT molecular complexity index is 2300. The first-order valence-electron chi connectivity index (χ1n) is 17.6. The van der Waals surface area contributed by atoms with E-state index in [-0.39, 0.29) is 0 Å². The summed E-state index contributed by atoms with van der Waals surface area (Å²) in [6.45, 7) is 8.10. The Balaban J connectivity index is 1.08. The Kier molecular flexibility index (Phi) is 8.45. The number of unbranched alkanes of at least 4 members (excludes halogenated alkanes) is 1. The number of methoxy groups -OCH3 is 2. The van der Waals surface area contributed by atoms with E-state index in [0.29, 0.717) is 0 Å². The Labute approximate surface area is 293 Å². The summed E-state index contributed by atoms with van der Waals surface area (Å²) in [6, 6.07) is 39.0. The van der Waals surface area contributed by atoms with E-state index in [1.165, 1.54) is 66.1 Å². The molecule has 0 saturated heterocycles. The molecule has 0 amide bonds. The van der Waals surface area contributed by atoms with Crippen molar-refractivity contribution in [3.63, 3.8) is 0 Å². The maximum Gasteiger partial charge on any atom is 0.202 e. The van der Waals surface area contributed by atoms with E-state index in [4.69, 9.17) is 9.47 Å². The van der Waals surface area contributed by atoms with Crippen LogP contribution < -0.4 is 18.6 Å². The Morgan fingerprint density at radius 2 is 0.920 bits per heavy atom. The number of benzene rings is 4. The van der Waals surface area contributed by atoms with Gasteiger partial charge >= 0.3 is 0 Å². The first-order valence-corrected chi connectivity index (χ1v) is 17.6. The highest BCUT2D eigenvalue weighted by Crippen LogP contribution is 2.34. The molecule has 4 aromatic carbocycles. The van der Waals surface area contributed by atoms with Gasteiger partial charge in [-0.05, 0) is 35.4 Å². The Hall–Kier alpha value is -5.62. The van der Waals surface area contributed by atoms with Crippen molar-refractivity contribution in [3.8, 4) is 11.5 Å². The van der Waals surface area contributed by atoms with Crippen molar-refractivity contribution in [1.82, 2.24) is 9.13 Å². The molecule has 0 aliphatic carbocycles. The molecule has 6 nitrogen and oxygen atoms in total. The normalized spacial score (nSPS) is 11.7. The molecule has 8 rings (SSSR count). The number of aromatic nitrogens is 4. The molecule has 250 valence electrons. The first-order chi connectivity index (χ1) is 24.5. The zero-order valence-electron chi connectivity index (χ0n) is 29.4. The maximum atomic E-state index is 5.64. The van der Waals surface area contributed by atoms with Crippen LogP contribution in [0.3, 0.4) is 0 Å². The summed E-state index contributed by atoms with van der Waals surface area (Å²) in [5.41, 5.74) is 10.1. The summed E-state index contributed by atoms with van der Waals surface area (Å²) >= 11 is 0. The van der Waals surface area contributed by atoms with Crippen LogP contribution in [0.25, 0.3) is 43.6 Å². The van der Waals surface area contributed by atoms with Crippen LogP contribution in [-0.4, -0.2) is 23.4 Å². The monoisotopic (exact) mass is 660 g/mol. The molecule has 0 aliphatic rings. The number of hydrogen-bond acceptors (Lipinski definition) is 2. The molecular formula is C44H44N4O2+2. The van der Waals surface area contributed by atoms with E-state index in [0.717, 1.165) is 50.5 Å². The molecule has 4 aromatic heterocycles. The number of aryl methyl sites for hydroxylation is 4. The van der Waals surface area contributed by atoms with Gasteiger partial charge in [0.1, 0.15) is 35.6 Å². The number of hydrogen-bond donors (Lipinski definition) is 0. The lowest BCUT2D eigenvalue weighted by Crippen LogP contribution is -2.39. The fourth-order valence-electron chi connectivity index (χ4n) is 7.82. The molecule has 0 unspecified atom stereocenters. The van der Waals surface area contributed by atoms with Crippen molar-refractivity contribution in [2.75, 3.05) is 14.2 Å². The predicted molar refractivity (Wildman–Crippen MR) is 202 cm³/mol. The maximum absolute atomic E-state index is 5.64. The summed E-state index contributed by atoms with van der Waals surface area (Å²) < 4.78 is 21.1. The zero-order valence-corrected chi connectivity index (χ0v) is 29.4. The molecule has 0 spiro atoms. The molecule has 0 fully saturated rings. The highest BCUT2D eigenvalue weighted by Gasteiger charge is 2.22. The third-order valence-electron chi connectivity index (χ3n) is 10.4. The Morgan fingerprint density at radius 3 is 1.32 bits per heavy atom. The van der Waals surface area contributed by atoms with Crippen molar-refractivity contribution in [3.05, 3.63) is 144 Å². The van der Waals surface area contributed by atoms with E-state index in [1.54, 1.807) is 14.2 Å². The molecule has 4 heterocycles. The van der Waals surface area contributed by atoms with E-state index >= 15 is 0 Å². The van der Waals surface area contributed by atoms with Crippen molar-refractivity contribution < 1.29 is 18.6 Å². The van der Waals surface area contributed by atoms with Crippen LogP contribution in [0.1, 0.15) is 35.4 Å². The van der Waals surface area contributed by atoms with E-state index < -0.39 is 0 Å². The molecule has 0 atom stereocenters. The number of fused-ring (bicyclic) bond motifs is 6. The van der Waals surface area contributed by atoms with Crippen LogP contribution in [0, 0.1) is 13.8 Å². The fraction of sp³-hybridized carbons (Fsp3) is 0.227. The second-order valence-electron chi connectivity index (χ2n) is 13.3.